The van der Waals surface area contributed by atoms with Gasteiger partial charge in [-0.1, -0.05) is 0 Å². The predicted octanol–water partition coefficient (Wildman–Crippen LogP) is 2.59. The third-order valence-corrected chi connectivity index (χ3v) is 2.15. The molecule has 0 radical (unpaired) electrons. The average molecular weight is 283 g/mol. The zero-order valence-electron chi connectivity index (χ0n) is 9.89. The van der Waals surface area contributed by atoms with E-state index in [0.29, 0.717) is 5.69 Å². The quantitative estimate of drug-likeness (QED) is 0.895. The van der Waals surface area contributed by atoms with Crippen molar-refractivity contribution in [1.82, 2.24) is 5.32 Å². The summed E-state index contributed by atoms with van der Waals surface area (Å²) in [6.45, 7) is 1.47. The molecule has 2 N–H and O–H groups in total. The van der Waals surface area contributed by atoms with Crippen LogP contribution in [0.25, 0.3) is 0 Å². The number of anilines is 1. The van der Waals surface area contributed by atoms with Gasteiger partial charge in [0.1, 0.15) is 0 Å². The first-order chi connectivity index (χ1) is 7.84. The highest BCUT2D eigenvalue weighted by atomic mass is 35.5. The highest BCUT2D eigenvalue weighted by molar-refractivity contribution is 5.92. The highest BCUT2D eigenvalue weighted by Crippen LogP contribution is 2.32. The lowest BCUT2D eigenvalue weighted by molar-refractivity contribution is -0.138. The van der Waals surface area contributed by atoms with Crippen molar-refractivity contribution in [1.29, 1.82) is 0 Å². The van der Waals surface area contributed by atoms with E-state index >= 15 is 0 Å². The maximum atomic E-state index is 12.5. The van der Waals surface area contributed by atoms with Gasteiger partial charge in [-0.25, -0.2) is 0 Å². The molecule has 0 heterocycles. The van der Waals surface area contributed by atoms with E-state index in [1.807, 2.05) is 0 Å². The number of amides is 1. The second-order valence-corrected chi connectivity index (χ2v) is 3.61. The molecule has 0 fully saturated rings. The summed E-state index contributed by atoms with van der Waals surface area (Å²) in [4.78, 5) is 11.2. The number of benzene rings is 1. The van der Waals surface area contributed by atoms with E-state index in [-0.39, 0.29) is 30.4 Å². The van der Waals surface area contributed by atoms with Crippen molar-refractivity contribution in [2.45, 2.75) is 13.1 Å². The Bertz CT molecular complexity index is 421. The van der Waals surface area contributed by atoms with Crippen LogP contribution in [0.2, 0.25) is 0 Å². The van der Waals surface area contributed by atoms with Crippen molar-refractivity contribution >= 4 is 24.0 Å². The fourth-order valence-corrected chi connectivity index (χ4v) is 1.43. The molecule has 0 aliphatic carbocycles. The Kier molecular flexibility index (Phi) is 6.14. The Morgan fingerprint density at radius 3 is 2.39 bits per heavy atom. The van der Waals surface area contributed by atoms with Gasteiger partial charge in [0, 0.05) is 5.69 Å². The molecule has 3 nitrogen and oxygen atoms in total. The fourth-order valence-electron chi connectivity index (χ4n) is 1.43. The lowest BCUT2D eigenvalue weighted by Crippen LogP contribution is -2.25. The Balaban J connectivity index is 0.00000289. The van der Waals surface area contributed by atoms with Crippen molar-refractivity contribution in [2.24, 2.45) is 0 Å². The number of alkyl halides is 3. The van der Waals surface area contributed by atoms with E-state index in [2.05, 4.69) is 10.6 Å². The molecular weight excluding hydrogens is 269 g/mol. The van der Waals surface area contributed by atoms with Crippen LogP contribution in [0.4, 0.5) is 18.9 Å². The van der Waals surface area contributed by atoms with Gasteiger partial charge >= 0.3 is 6.18 Å². The summed E-state index contributed by atoms with van der Waals surface area (Å²) in [5, 5.41) is 5.14. The van der Waals surface area contributed by atoms with E-state index in [1.165, 1.54) is 19.1 Å². The Hall–Kier alpha value is -1.27. The molecule has 0 aliphatic heterocycles. The summed E-state index contributed by atoms with van der Waals surface area (Å²) < 4.78 is 37.4. The number of aryl methyl sites for hydroxylation is 1. The molecule has 1 aromatic carbocycles. The number of carbonyl (C=O) groups excluding carboxylic acids is 1. The molecule has 18 heavy (non-hydrogen) atoms. The van der Waals surface area contributed by atoms with E-state index < -0.39 is 11.7 Å². The Morgan fingerprint density at radius 1 is 1.33 bits per heavy atom. The van der Waals surface area contributed by atoms with Crippen molar-refractivity contribution in [3.05, 3.63) is 29.3 Å². The van der Waals surface area contributed by atoms with Gasteiger partial charge in [0.15, 0.2) is 0 Å². The molecule has 0 unspecified atom stereocenters. The summed E-state index contributed by atoms with van der Waals surface area (Å²) in [7, 11) is 1.61. The van der Waals surface area contributed by atoms with Gasteiger partial charge in [-0.3, -0.25) is 4.79 Å². The van der Waals surface area contributed by atoms with Crippen molar-refractivity contribution in [3.63, 3.8) is 0 Å². The van der Waals surface area contributed by atoms with Gasteiger partial charge in [0.2, 0.25) is 5.91 Å². The molecule has 0 spiro atoms. The van der Waals surface area contributed by atoms with Crippen LogP contribution in [0.3, 0.4) is 0 Å². The molecule has 1 aromatic rings. The number of likely N-dealkylation sites (N-methyl/N-ethyl adjacent to an activating group) is 1. The predicted molar refractivity (Wildman–Crippen MR) is 66.0 cm³/mol. The first-order valence-electron chi connectivity index (χ1n) is 4.97. The number of rotatable bonds is 3. The molecule has 0 saturated carbocycles. The normalized spacial score (nSPS) is 10.7. The first kappa shape index (κ1) is 16.7. The standard InChI is InChI=1S/C11H13F3N2O.ClH/c1-7-5-8(16-10(17)6-15-2)3-4-9(7)11(12,13)14;/h3-5,15H,6H2,1-2H3,(H,16,17);1H. The minimum absolute atomic E-state index is 0. The van der Waals surface area contributed by atoms with Crippen LogP contribution < -0.4 is 10.6 Å². The van der Waals surface area contributed by atoms with Crippen molar-refractivity contribution in [2.75, 3.05) is 18.9 Å². The van der Waals surface area contributed by atoms with Crippen LogP contribution in [-0.2, 0) is 11.0 Å². The number of hydrogen-bond donors (Lipinski definition) is 2. The first-order valence-corrected chi connectivity index (χ1v) is 4.97. The molecule has 0 bridgehead atoms. The van der Waals surface area contributed by atoms with E-state index in [1.54, 1.807) is 7.05 Å². The summed E-state index contributed by atoms with van der Waals surface area (Å²) in [5.41, 5.74) is -0.250. The summed E-state index contributed by atoms with van der Waals surface area (Å²) in [6.07, 6.45) is -4.36. The summed E-state index contributed by atoms with van der Waals surface area (Å²) in [5.74, 6) is -0.299. The summed E-state index contributed by atoms with van der Waals surface area (Å²) in [6, 6.07) is 3.50. The molecule has 0 aromatic heterocycles. The maximum Gasteiger partial charge on any atom is 0.416 e. The molecule has 0 aliphatic rings. The number of carbonyl (C=O) groups is 1. The van der Waals surface area contributed by atoms with Gasteiger partial charge in [-0.05, 0) is 37.7 Å². The lowest BCUT2D eigenvalue weighted by Gasteiger charge is -2.12. The van der Waals surface area contributed by atoms with Gasteiger partial charge < -0.3 is 10.6 Å². The van der Waals surface area contributed by atoms with Crippen LogP contribution in [0.15, 0.2) is 18.2 Å². The topological polar surface area (TPSA) is 41.1 Å². The van der Waals surface area contributed by atoms with Crippen LogP contribution in [0.5, 0.6) is 0 Å². The average Bonchev–Trinajstić information content (AvgIpc) is 2.15. The lowest BCUT2D eigenvalue weighted by atomic mass is 10.1. The minimum atomic E-state index is -4.36. The molecule has 7 heteroatoms. The van der Waals surface area contributed by atoms with Crippen LogP contribution in [0, 0.1) is 6.92 Å². The van der Waals surface area contributed by atoms with Crippen molar-refractivity contribution in [3.8, 4) is 0 Å². The molecular formula is C11H14ClF3N2O. The Morgan fingerprint density at radius 2 is 1.94 bits per heavy atom. The van der Waals surface area contributed by atoms with Gasteiger partial charge in [0.05, 0.1) is 12.1 Å². The fraction of sp³-hybridized carbons (Fsp3) is 0.364. The van der Waals surface area contributed by atoms with Gasteiger partial charge in [0.25, 0.3) is 0 Å². The zero-order valence-corrected chi connectivity index (χ0v) is 10.7. The van der Waals surface area contributed by atoms with E-state index in [0.717, 1.165) is 6.07 Å². The third-order valence-electron chi connectivity index (χ3n) is 2.15. The van der Waals surface area contributed by atoms with Gasteiger partial charge in [-0.2, -0.15) is 13.2 Å². The number of halogens is 4. The summed E-state index contributed by atoms with van der Waals surface area (Å²) >= 11 is 0. The monoisotopic (exact) mass is 282 g/mol. The number of nitrogens with one attached hydrogen (secondary N) is 2. The van der Waals surface area contributed by atoms with Crippen LogP contribution >= 0.6 is 12.4 Å². The molecule has 102 valence electrons. The zero-order chi connectivity index (χ0) is 13.1. The van der Waals surface area contributed by atoms with E-state index in [4.69, 9.17) is 0 Å². The SMILES string of the molecule is CNCC(=O)Nc1ccc(C(F)(F)F)c(C)c1.Cl. The molecule has 0 saturated heterocycles. The minimum Gasteiger partial charge on any atom is -0.325 e. The Labute approximate surface area is 109 Å². The largest absolute Gasteiger partial charge is 0.416 e. The second kappa shape index (κ2) is 6.61. The smallest absolute Gasteiger partial charge is 0.325 e. The second-order valence-electron chi connectivity index (χ2n) is 3.61. The molecule has 0 atom stereocenters. The van der Waals surface area contributed by atoms with Gasteiger partial charge in [-0.15, -0.1) is 12.4 Å². The molecule has 1 amide bonds. The van der Waals surface area contributed by atoms with E-state index in [9.17, 15) is 18.0 Å². The van der Waals surface area contributed by atoms with Crippen LogP contribution in [0.1, 0.15) is 11.1 Å². The maximum absolute atomic E-state index is 12.5. The van der Waals surface area contributed by atoms with Crippen LogP contribution in [-0.4, -0.2) is 19.5 Å². The highest BCUT2D eigenvalue weighted by Gasteiger charge is 2.32. The van der Waals surface area contributed by atoms with Crippen molar-refractivity contribution < 1.29 is 18.0 Å². The molecule has 1 rings (SSSR count). The third kappa shape index (κ3) is 4.54. The number of hydrogen-bond acceptors (Lipinski definition) is 2.